The maximum absolute atomic E-state index is 13.1. The summed E-state index contributed by atoms with van der Waals surface area (Å²) in [4.78, 5) is 50.5. The highest BCUT2D eigenvalue weighted by molar-refractivity contribution is 7.99. The summed E-state index contributed by atoms with van der Waals surface area (Å²) in [5.74, 6) is 0.411. The number of hydrogen-bond donors (Lipinski definition) is 1. The van der Waals surface area contributed by atoms with Gasteiger partial charge < -0.3 is 0 Å². The molecule has 0 saturated carbocycles. The number of imidazole rings is 2. The zero-order valence-corrected chi connectivity index (χ0v) is 21.9. The summed E-state index contributed by atoms with van der Waals surface area (Å²) in [6.07, 6.45) is 1.72. The van der Waals surface area contributed by atoms with Gasteiger partial charge in [0.15, 0.2) is 16.3 Å². The largest absolute Gasteiger partial charge is 0.332 e. The standard InChI is InChI=1S/C27H20N8O3S/c1-15-9-11-17(12-10-15)35-19(14-34-21-22(30-26(34)35)32(2)27(38)33(3)24(21)37)39-25-29-20(16-7-5-4-6-8-16)18(13-28)23(36)31-25/h4-12,14H,1-3H3,(H,29,31,36). The highest BCUT2D eigenvalue weighted by Gasteiger charge is 2.23. The molecule has 0 saturated heterocycles. The van der Waals surface area contributed by atoms with Crippen molar-refractivity contribution in [3.8, 4) is 23.0 Å². The molecule has 2 aromatic carbocycles. The third-order valence-corrected chi connectivity index (χ3v) is 7.37. The summed E-state index contributed by atoms with van der Waals surface area (Å²) >= 11 is 1.16. The zero-order chi connectivity index (χ0) is 27.4. The number of aryl methyl sites for hydroxylation is 2. The van der Waals surface area contributed by atoms with Gasteiger partial charge >= 0.3 is 5.69 Å². The number of aromatic nitrogens is 7. The van der Waals surface area contributed by atoms with Crippen LogP contribution in [0.15, 0.2) is 85.4 Å². The minimum atomic E-state index is -0.554. The maximum Gasteiger partial charge on any atom is 0.332 e. The highest BCUT2D eigenvalue weighted by atomic mass is 32.2. The van der Waals surface area contributed by atoms with Crippen LogP contribution in [0.3, 0.4) is 0 Å². The van der Waals surface area contributed by atoms with Crippen LogP contribution in [0.4, 0.5) is 0 Å². The fourth-order valence-electron chi connectivity index (χ4n) is 4.47. The van der Waals surface area contributed by atoms with Crippen molar-refractivity contribution in [3.63, 3.8) is 0 Å². The van der Waals surface area contributed by atoms with E-state index in [1.807, 2.05) is 60.0 Å². The lowest BCUT2D eigenvalue weighted by Gasteiger charge is -2.10. The first-order chi connectivity index (χ1) is 18.8. The Morgan fingerprint density at radius 2 is 1.67 bits per heavy atom. The number of rotatable bonds is 4. The summed E-state index contributed by atoms with van der Waals surface area (Å²) in [6, 6.07) is 18.7. The van der Waals surface area contributed by atoms with Gasteiger partial charge in [-0.2, -0.15) is 10.2 Å². The molecule has 4 aromatic heterocycles. The molecule has 0 amide bonds. The van der Waals surface area contributed by atoms with Crippen molar-refractivity contribution >= 4 is 28.7 Å². The molecular formula is C27H20N8O3S. The Morgan fingerprint density at radius 3 is 2.36 bits per heavy atom. The first kappa shape index (κ1) is 24.2. The predicted octanol–water partition coefficient (Wildman–Crippen LogP) is 2.76. The zero-order valence-electron chi connectivity index (χ0n) is 21.0. The molecule has 0 atom stereocenters. The van der Waals surface area contributed by atoms with Crippen molar-refractivity contribution in [2.24, 2.45) is 14.1 Å². The van der Waals surface area contributed by atoms with Crippen LogP contribution in [0, 0.1) is 18.3 Å². The molecule has 39 heavy (non-hydrogen) atoms. The number of nitrogens with one attached hydrogen (secondary N) is 1. The molecular weight excluding hydrogens is 516 g/mol. The minimum Gasteiger partial charge on any atom is -0.300 e. The summed E-state index contributed by atoms with van der Waals surface area (Å²) in [6.45, 7) is 1.98. The highest BCUT2D eigenvalue weighted by Crippen LogP contribution is 2.32. The van der Waals surface area contributed by atoms with E-state index in [9.17, 15) is 19.6 Å². The first-order valence-electron chi connectivity index (χ1n) is 11.8. The van der Waals surface area contributed by atoms with Crippen molar-refractivity contribution in [1.82, 2.24) is 33.1 Å². The van der Waals surface area contributed by atoms with Gasteiger partial charge in [0, 0.05) is 31.5 Å². The lowest BCUT2D eigenvalue weighted by Crippen LogP contribution is -2.37. The Kier molecular flexibility index (Phi) is 5.58. The quantitative estimate of drug-likeness (QED) is 0.342. The molecule has 4 heterocycles. The van der Waals surface area contributed by atoms with Gasteiger partial charge in [-0.1, -0.05) is 48.0 Å². The van der Waals surface area contributed by atoms with E-state index in [0.717, 1.165) is 27.6 Å². The van der Waals surface area contributed by atoms with E-state index >= 15 is 0 Å². The van der Waals surface area contributed by atoms with Crippen LogP contribution < -0.4 is 16.8 Å². The molecule has 192 valence electrons. The van der Waals surface area contributed by atoms with E-state index in [0.29, 0.717) is 16.4 Å². The molecule has 0 bridgehead atoms. The predicted molar refractivity (Wildman–Crippen MR) is 146 cm³/mol. The average molecular weight is 537 g/mol. The van der Waals surface area contributed by atoms with E-state index in [4.69, 9.17) is 0 Å². The smallest absolute Gasteiger partial charge is 0.300 e. The topological polar surface area (TPSA) is 136 Å². The average Bonchev–Trinajstić information content (AvgIpc) is 3.47. The third kappa shape index (κ3) is 3.79. The van der Waals surface area contributed by atoms with Crippen LogP contribution in [0.5, 0.6) is 0 Å². The van der Waals surface area contributed by atoms with Crippen LogP contribution in [0.25, 0.3) is 33.9 Å². The first-order valence-corrected chi connectivity index (χ1v) is 12.6. The molecule has 0 radical (unpaired) electrons. The van der Waals surface area contributed by atoms with Gasteiger partial charge in [0.2, 0.25) is 5.78 Å². The molecule has 0 aliphatic carbocycles. The molecule has 11 nitrogen and oxygen atoms in total. The van der Waals surface area contributed by atoms with Crippen LogP contribution in [-0.2, 0) is 14.1 Å². The number of hydrogen-bond acceptors (Lipinski definition) is 7. The monoisotopic (exact) mass is 536 g/mol. The van der Waals surface area contributed by atoms with Gasteiger partial charge in [-0.15, -0.1) is 0 Å². The van der Waals surface area contributed by atoms with E-state index in [2.05, 4.69) is 15.0 Å². The lowest BCUT2D eigenvalue weighted by atomic mass is 10.1. The molecule has 0 aliphatic heterocycles. The van der Waals surface area contributed by atoms with E-state index < -0.39 is 16.8 Å². The van der Waals surface area contributed by atoms with Gasteiger partial charge in [0.25, 0.3) is 11.1 Å². The Labute approximate surface area is 224 Å². The minimum absolute atomic E-state index is 0.0790. The number of H-pyrrole nitrogens is 1. The van der Waals surface area contributed by atoms with Crippen molar-refractivity contribution in [3.05, 3.63) is 103 Å². The number of aromatic amines is 1. The van der Waals surface area contributed by atoms with Crippen molar-refractivity contribution in [1.29, 1.82) is 5.26 Å². The van der Waals surface area contributed by atoms with Crippen molar-refractivity contribution in [2.75, 3.05) is 0 Å². The van der Waals surface area contributed by atoms with Gasteiger partial charge in [-0.3, -0.25) is 32.7 Å². The number of fused-ring (bicyclic) bond motifs is 3. The molecule has 0 unspecified atom stereocenters. The summed E-state index contributed by atoms with van der Waals surface area (Å²) in [7, 11) is 2.99. The SMILES string of the molecule is Cc1ccc(-n2c(Sc3nc(-c4ccccc4)c(C#N)c(=O)[nH]3)cn3c4c(=O)n(C)c(=O)n(C)c4nc23)cc1. The van der Waals surface area contributed by atoms with Gasteiger partial charge in [0.1, 0.15) is 16.7 Å². The van der Waals surface area contributed by atoms with Crippen LogP contribution in [0.1, 0.15) is 11.1 Å². The second kappa shape index (κ2) is 9.00. The Balaban J connectivity index is 1.62. The maximum atomic E-state index is 13.1. The van der Waals surface area contributed by atoms with E-state index in [-0.39, 0.29) is 27.6 Å². The Hall–Kier alpha value is -5.15. The van der Waals surface area contributed by atoms with Gasteiger partial charge in [-0.25, -0.2) is 9.78 Å². The Bertz CT molecular complexity index is 2140. The number of nitriles is 1. The van der Waals surface area contributed by atoms with Crippen LogP contribution in [0.2, 0.25) is 0 Å². The molecule has 6 aromatic rings. The van der Waals surface area contributed by atoms with E-state index in [1.54, 1.807) is 29.8 Å². The second-order valence-corrected chi connectivity index (χ2v) is 9.98. The summed E-state index contributed by atoms with van der Waals surface area (Å²) < 4.78 is 5.84. The fraction of sp³-hybridized carbons (Fsp3) is 0.111. The second-order valence-electron chi connectivity index (χ2n) is 8.97. The molecule has 6 rings (SSSR count). The van der Waals surface area contributed by atoms with Crippen molar-refractivity contribution in [2.45, 2.75) is 17.1 Å². The van der Waals surface area contributed by atoms with Crippen molar-refractivity contribution < 1.29 is 0 Å². The number of nitrogens with zero attached hydrogens (tertiary/aromatic N) is 7. The summed E-state index contributed by atoms with van der Waals surface area (Å²) in [5.41, 5.74) is 1.65. The summed E-state index contributed by atoms with van der Waals surface area (Å²) in [5, 5.41) is 10.5. The molecule has 0 spiro atoms. The van der Waals surface area contributed by atoms with Gasteiger partial charge in [-0.05, 0) is 30.8 Å². The molecule has 0 aliphatic rings. The normalized spacial score (nSPS) is 11.3. The van der Waals surface area contributed by atoms with Gasteiger partial charge in [0.05, 0.1) is 5.69 Å². The lowest BCUT2D eigenvalue weighted by molar-refractivity contribution is 0.707. The third-order valence-electron chi connectivity index (χ3n) is 6.48. The Morgan fingerprint density at radius 1 is 0.949 bits per heavy atom. The van der Waals surface area contributed by atoms with Crippen LogP contribution in [-0.4, -0.2) is 33.1 Å². The molecule has 12 heteroatoms. The molecule has 1 N–H and O–H groups in total. The molecule has 0 fully saturated rings. The number of benzene rings is 2. The van der Waals surface area contributed by atoms with E-state index in [1.165, 1.54) is 11.6 Å². The van der Waals surface area contributed by atoms with Crippen LogP contribution >= 0.6 is 11.8 Å². The fourth-order valence-corrected chi connectivity index (χ4v) is 5.38.